The van der Waals surface area contributed by atoms with Crippen molar-refractivity contribution in [3.05, 3.63) is 99.1 Å². The number of carbonyl (C=O) groups is 2. The van der Waals surface area contributed by atoms with Gasteiger partial charge in [-0.1, -0.05) is 29.8 Å². The highest BCUT2D eigenvalue weighted by atomic mass is 35.5. The van der Waals surface area contributed by atoms with E-state index in [0.29, 0.717) is 33.6 Å². The van der Waals surface area contributed by atoms with E-state index >= 15 is 4.39 Å². The van der Waals surface area contributed by atoms with Crippen LogP contribution in [-0.2, 0) is 24.2 Å². The molecule has 0 aliphatic carbocycles. The molecule has 0 spiro atoms. The highest BCUT2D eigenvalue weighted by Gasteiger charge is 2.28. The molecule has 182 valence electrons. The number of hydrogen-bond acceptors (Lipinski definition) is 3. The largest absolute Gasteiger partial charge is 0.348 e. The highest BCUT2D eigenvalue weighted by molar-refractivity contribution is 6.30. The van der Waals surface area contributed by atoms with Crippen LogP contribution in [-0.4, -0.2) is 21.7 Å². The molecule has 0 unspecified atom stereocenters. The third kappa shape index (κ3) is 4.28. The Balaban J connectivity index is 1.43. The minimum absolute atomic E-state index is 0.211. The number of fused-ring (bicyclic) bond motifs is 1. The lowest BCUT2D eigenvalue weighted by atomic mass is 9.91. The number of nitrogens with one attached hydrogen (secondary N) is 2. The van der Waals surface area contributed by atoms with Crippen molar-refractivity contribution >= 4 is 23.3 Å². The maximum Gasteiger partial charge on any atom is 0.252 e. The first-order valence-electron chi connectivity index (χ1n) is 11.1. The second-order valence-corrected chi connectivity index (χ2v) is 9.05. The van der Waals surface area contributed by atoms with Crippen molar-refractivity contribution in [2.45, 2.75) is 26.3 Å². The van der Waals surface area contributed by atoms with Crippen molar-refractivity contribution < 1.29 is 22.8 Å². The number of hydrogen-bond donors (Lipinski definition) is 2. The van der Waals surface area contributed by atoms with Crippen LogP contribution in [0.5, 0.6) is 0 Å². The number of benzene rings is 3. The Kier molecular flexibility index (Phi) is 6.14. The van der Waals surface area contributed by atoms with Crippen molar-refractivity contribution in [3.63, 3.8) is 0 Å². The lowest BCUT2D eigenvalue weighted by Gasteiger charge is -2.12. The fourth-order valence-electron chi connectivity index (χ4n) is 4.45. The molecule has 9 heteroatoms. The normalized spacial score (nSPS) is 12.5. The number of rotatable bonds is 6. The lowest BCUT2D eigenvalue weighted by molar-refractivity contribution is -0.117. The summed E-state index contributed by atoms with van der Waals surface area (Å²) in [4.78, 5) is 32.5. The minimum Gasteiger partial charge on any atom is -0.348 e. The van der Waals surface area contributed by atoms with Gasteiger partial charge in [0.25, 0.3) is 5.91 Å². The SMILES string of the molecule is Cc1cnc(-c2ccc(-c3ccc(CC(=O)Cc4c(F)ccc(Cl)c4F)cc3F)c3c2C(=O)NC3)[nH]1. The third-order valence-electron chi connectivity index (χ3n) is 6.16. The summed E-state index contributed by atoms with van der Waals surface area (Å²) < 4.78 is 43.3. The number of halogens is 4. The molecule has 0 atom stereocenters. The molecule has 1 amide bonds. The summed E-state index contributed by atoms with van der Waals surface area (Å²) in [6, 6.07) is 9.88. The Hall–Kier alpha value is -3.91. The van der Waals surface area contributed by atoms with Gasteiger partial charge in [0.05, 0.1) is 10.6 Å². The summed E-state index contributed by atoms with van der Waals surface area (Å²) in [6.45, 7) is 2.10. The molecule has 5 nitrogen and oxygen atoms in total. The standard InChI is InChI=1S/C27H19ClF3N3O2/c1-13-11-32-26(34-13)18-5-4-16(20-12-33-27(36)24(18)20)17-3-2-14(9-23(17)30)8-15(35)10-19-22(29)7-6-21(28)25(19)31/h2-7,9,11H,8,10,12H2,1H3,(H,32,34)(H,33,36). The lowest BCUT2D eigenvalue weighted by Crippen LogP contribution is -2.13. The van der Waals surface area contributed by atoms with Crippen LogP contribution in [0, 0.1) is 24.4 Å². The molecule has 5 rings (SSSR count). The number of imidazole rings is 1. The molecule has 3 aromatic carbocycles. The molecule has 1 aromatic heterocycles. The van der Waals surface area contributed by atoms with Gasteiger partial charge < -0.3 is 10.3 Å². The van der Waals surface area contributed by atoms with Gasteiger partial charge in [0.1, 0.15) is 29.1 Å². The number of aryl methyl sites for hydroxylation is 1. The van der Waals surface area contributed by atoms with Crippen LogP contribution in [0.1, 0.15) is 32.7 Å². The van der Waals surface area contributed by atoms with Gasteiger partial charge in [0.15, 0.2) is 0 Å². The molecule has 4 aromatic rings. The van der Waals surface area contributed by atoms with Gasteiger partial charge in [-0.3, -0.25) is 9.59 Å². The number of amides is 1. The predicted octanol–water partition coefficient (Wildman–Crippen LogP) is 5.72. The first kappa shape index (κ1) is 23.8. The Morgan fingerprint density at radius 3 is 2.47 bits per heavy atom. The number of ketones is 1. The fourth-order valence-corrected chi connectivity index (χ4v) is 4.63. The second kappa shape index (κ2) is 9.28. The maximum atomic E-state index is 15.2. The molecular formula is C27H19ClF3N3O2. The molecule has 0 radical (unpaired) electrons. The van der Waals surface area contributed by atoms with Crippen molar-refractivity contribution in [3.8, 4) is 22.5 Å². The van der Waals surface area contributed by atoms with E-state index in [4.69, 9.17) is 11.6 Å². The summed E-state index contributed by atoms with van der Waals surface area (Å²) in [5.41, 5.74) is 3.33. The van der Waals surface area contributed by atoms with Gasteiger partial charge in [0.2, 0.25) is 0 Å². The van der Waals surface area contributed by atoms with Gasteiger partial charge in [-0.15, -0.1) is 0 Å². The van der Waals surface area contributed by atoms with E-state index in [1.54, 1.807) is 24.4 Å². The maximum absolute atomic E-state index is 15.2. The van der Waals surface area contributed by atoms with Crippen LogP contribution in [0.2, 0.25) is 5.02 Å². The third-order valence-corrected chi connectivity index (χ3v) is 6.45. The monoisotopic (exact) mass is 509 g/mol. The smallest absolute Gasteiger partial charge is 0.252 e. The number of carbonyl (C=O) groups excluding carboxylic acids is 2. The average molecular weight is 510 g/mol. The molecule has 0 bridgehead atoms. The molecule has 2 N–H and O–H groups in total. The van der Waals surface area contributed by atoms with Crippen LogP contribution in [0.15, 0.2) is 48.7 Å². The topological polar surface area (TPSA) is 74.8 Å². The first-order valence-corrected chi connectivity index (χ1v) is 11.5. The van der Waals surface area contributed by atoms with Crippen molar-refractivity contribution in [1.29, 1.82) is 0 Å². The fraction of sp³-hybridized carbons (Fsp3) is 0.148. The van der Waals surface area contributed by atoms with E-state index in [1.165, 1.54) is 12.1 Å². The van der Waals surface area contributed by atoms with Crippen molar-refractivity contribution in [2.24, 2.45) is 0 Å². The molecule has 1 aliphatic rings. The zero-order valence-corrected chi connectivity index (χ0v) is 19.8. The summed E-state index contributed by atoms with van der Waals surface area (Å²) in [5.74, 6) is -2.62. The van der Waals surface area contributed by atoms with E-state index in [-0.39, 0.29) is 29.5 Å². The Morgan fingerprint density at radius 2 is 1.75 bits per heavy atom. The summed E-state index contributed by atoms with van der Waals surface area (Å²) in [7, 11) is 0. The van der Waals surface area contributed by atoms with Crippen LogP contribution in [0.4, 0.5) is 13.2 Å². The van der Waals surface area contributed by atoms with E-state index in [2.05, 4.69) is 15.3 Å². The number of aromatic nitrogens is 2. The van der Waals surface area contributed by atoms with Gasteiger partial charge in [-0.05, 0) is 47.9 Å². The number of nitrogens with zero attached hydrogens (tertiary/aromatic N) is 1. The van der Waals surface area contributed by atoms with E-state index in [9.17, 15) is 18.4 Å². The van der Waals surface area contributed by atoms with Gasteiger partial charge in [0, 0.05) is 48.0 Å². The minimum atomic E-state index is -0.975. The Morgan fingerprint density at radius 1 is 1.00 bits per heavy atom. The van der Waals surface area contributed by atoms with Gasteiger partial charge >= 0.3 is 0 Å². The zero-order chi connectivity index (χ0) is 25.6. The first-order chi connectivity index (χ1) is 17.2. The van der Waals surface area contributed by atoms with Gasteiger partial charge in [-0.2, -0.15) is 0 Å². The van der Waals surface area contributed by atoms with Crippen LogP contribution in [0.3, 0.4) is 0 Å². The van der Waals surface area contributed by atoms with Crippen molar-refractivity contribution in [1.82, 2.24) is 15.3 Å². The van der Waals surface area contributed by atoms with E-state index in [1.807, 2.05) is 6.92 Å². The molecule has 0 fully saturated rings. The summed E-state index contributed by atoms with van der Waals surface area (Å²) in [5, 5.41) is 2.51. The van der Waals surface area contributed by atoms with E-state index in [0.717, 1.165) is 17.8 Å². The Labute approximate surface area is 209 Å². The summed E-state index contributed by atoms with van der Waals surface area (Å²) >= 11 is 5.69. The van der Waals surface area contributed by atoms with Gasteiger partial charge in [-0.25, -0.2) is 18.2 Å². The number of Topliss-reactive ketones (excluding diaryl/α,β-unsaturated/α-hetero) is 1. The molecule has 1 aliphatic heterocycles. The van der Waals surface area contributed by atoms with Crippen LogP contribution >= 0.6 is 11.6 Å². The second-order valence-electron chi connectivity index (χ2n) is 8.64. The predicted molar refractivity (Wildman–Crippen MR) is 129 cm³/mol. The zero-order valence-electron chi connectivity index (χ0n) is 19.0. The molecular weight excluding hydrogens is 491 g/mol. The van der Waals surface area contributed by atoms with E-state index < -0.39 is 35.2 Å². The molecule has 2 heterocycles. The summed E-state index contributed by atoms with van der Waals surface area (Å²) in [6.07, 6.45) is 0.950. The number of aromatic amines is 1. The van der Waals surface area contributed by atoms with Crippen LogP contribution < -0.4 is 5.32 Å². The number of H-pyrrole nitrogens is 1. The average Bonchev–Trinajstić information content (AvgIpc) is 3.45. The van der Waals surface area contributed by atoms with Crippen molar-refractivity contribution in [2.75, 3.05) is 0 Å². The molecule has 36 heavy (non-hydrogen) atoms. The molecule has 0 saturated carbocycles. The quantitative estimate of drug-likeness (QED) is 0.326. The molecule has 0 saturated heterocycles. The van der Waals surface area contributed by atoms with Crippen LogP contribution in [0.25, 0.3) is 22.5 Å². The Bertz CT molecular complexity index is 1550. The highest BCUT2D eigenvalue weighted by Crippen LogP contribution is 2.36.